The maximum atomic E-state index is 12.3. The SMILES string of the molecule is CCC[CH2][Sn]([CH2]CCC)([CH2]CCC)[n]1c(=O)[nH]c(=O)[nH]c1=O. The van der Waals surface area contributed by atoms with Crippen LogP contribution in [0, 0.1) is 0 Å². The molecule has 0 saturated carbocycles. The van der Waals surface area contributed by atoms with Gasteiger partial charge in [0.15, 0.2) is 0 Å². The number of aromatic amines is 2. The van der Waals surface area contributed by atoms with Crippen molar-refractivity contribution in [1.82, 2.24) is 12.8 Å². The minimum absolute atomic E-state index is 0.493. The summed E-state index contributed by atoms with van der Waals surface area (Å²) in [5, 5.41) is 0. The predicted molar refractivity (Wildman–Crippen MR) is 92.2 cm³/mol. The number of aromatic nitrogens is 3. The van der Waals surface area contributed by atoms with Gasteiger partial charge in [0.05, 0.1) is 0 Å². The predicted octanol–water partition coefficient (Wildman–Crippen LogP) is 2.42. The van der Waals surface area contributed by atoms with Crippen LogP contribution in [0.4, 0.5) is 0 Å². The van der Waals surface area contributed by atoms with Crippen LogP contribution in [0.25, 0.3) is 0 Å². The number of hydrogen-bond acceptors (Lipinski definition) is 3. The van der Waals surface area contributed by atoms with Gasteiger partial charge in [0, 0.05) is 0 Å². The zero-order valence-corrected chi connectivity index (χ0v) is 16.9. The Bertz CT molecular complexity index is 561. The van der Waals surface area contributed by atoms with Gasteiger partial charge < -0.3 is 0 Å². The number of hydrogen-bond donors (Lipinski definition) is 2. The Morgan fingerprint density at radius 1 is 0.773 bits per heavy atom. The molecule has 0 radical (unpaired) electrons. The molecule has 2 N–H and O–H groups in total. The molecule has 0 aliphatic carbocycles. The van der Waals surface area contributed by atoms with E-state index in [1.165, 1.54) is 2.79 Å². The van der Waals surface area contributed by atoms with Gasteiger partial charge in [-0.15, -0.1) is 0 Å². The summed E-state index contributed by atoms with van der Waals surface area (Å²) in [5.74, 6) is 0. The summed E-state index contributed by atoms with van der Waals surface area (Å²) >= 11 is -3.16. The third kappa shape index (κ3) is 4.86. The van der Waals surface area contributed by atoms with Crippen molar-refractivity contribution in [3.05, 3.63) is 31.5 Å². The molecule has 0 fully saturated rings. The summed E-state index contributed by atoms with van der Waals surface area (Å²) in [4.78, 5) is 40.5. The van der Waals surface area contributed by atoms with E-state index >= 15 is 0 Å². The fourth-order valence-corrected chi connectivity index (χ4v) is 18.6. The number of unbranched alkanes of at least 4 members (excludes halogenated alkanes) is 3. The van der Waals surface area contributed by atoms with Crippen molar-refractivity contribution in [3.8, 4) is 0 Å². The summed E-state index contributed by atoms with van der Waals surface area (Å²) in [7, 11) is 0. The molecule has 0 atom stereocenters. The first-order chi connectivity index (χ1) is 10.5. The Labute approximate surface area is 135 Å². The Hall–Kier alpha value is -0.791. The van der Waals surface area contributed by atoms with Crippen LogP contribution in [0.1, 0.15) is 59.3 Å². The standard InChI is InChI=1S/3C4H9.C3H3N3O3.Sn/c3*1-3-4-2;7-1-4-2(8)6-3(9)5-1;/h3*1,3-4H2,2H3;(H3,4,5,6,7,8,9);/q;;;;+1/p-1. The van der Waals surface area contributed by atoms with Crippen molar-refractivity contribution in [3.63, 3.8) is 0 Å². The van der Waals surface area contributed by atoms with Crippen LogP contribution in [0.15, 0.2) is 14.4 Å². The first kappa shape index (κ1) is 19.3. The molecule has 0 bridgehead atoms. The Kier molecular flexibility index (Phi) is 8.20. The monoisotopic (exact) mass is 419 g/mol. The summed E-state index contributed by atoms with van der Waals surface area (Å²) in [6.45, 7) is 6.41. The molecule has 0 aliphatic heterocycles. The van der Waals surface area contributed by atoms with Gasteiger partial charge in [0.2, 0.25) is 0 Å². The second-order valence-electron chi connectivity index (χ2n) is 6.06. The minimum atomic E-state index is -3.16. The van der Waals surface area contributed by atoms with Crippen molar-refractivity contribution >= 4 is 18.7 Å². The molecule has 0 spiro atoms. The Morgan fingerprint density at radius 3 is 1.45 bits per heavy atom. The van der Waals surface area contributed by atoms with Gasteiger partial charge in [0.25, 0.3) is 0 Å². The Balaban J connectivity index is 3.41. The van der Waals surface area contributed by atoms with Crippen molar-refractivity contribution in [2.24, 2.45) is 0 Å². The fourth-order valence-electron chi connectivity index (χ4n) is 3.09. The van der Waals surface area contributed by atoms with E-state index in [1.54, 1.807) is 0 Å². The molecule has 1 heterocycles. The van der Waals surface area contributed by atoms with Crippen molar-refractivity contribution in [2.45, 2.75) is 72.6 Å². The third-order valence-electron chi connectivity index (χ3n) is 4.31. The third-order valence-corrected chi connectivity index (χ3v) is 19.2. The summed E-state index contributed by atoms with van der Waals surface area (Å²) in [5.41, 5.74) is -1.69. The van der Waals surface area contributed by atoms with E-state index in [4.69, 9.17) is 0 Å². The van der Waals surface area contributed by atoms with E-state index < -0.39 is 35.7 Å². The van der Waals surface area contributed by atoms with Crippen LogP contribution in [0.3, 0.4) is 0 Å². The van der Waals surface area contributed by atoms with E-state index in [1.807, 2.05) is 0 Å². The molecular weight excluding hydrogens is 389 g/mol. The second-order valence-corrected chi connectivity index (χ2v) is 18.6. The molecule has 1 rings (SSSR count). The van der Waals surface area contributed by atoms with Crippen molar-refractivity contribution < 1.29 is 0 Å². The van der Waals surface area contributed by atoms with E-state index in [0.29, 0.717) is 0 Å². The molecule has 6 nitrogen and oxygen atoms in total. The number of rotatable bonds is 10. The van der Waals surface area contributed by atoms with E-state index in [2.05, 4.69) is 30.7 Å². The molecule has 0 saturated heterocycles. The van der Waals surface area contributed by atoms with Crippen molar-refractivity contribution in [2.75, 3.05) is 0 Å². The molecule has 7 heteroatoms. The van der Waals surface area contributed by atoms with E-state index in [0.717, 1.165) is 51.8 Å². The first-order valence-corrected chi connectivity index (χ1v) is 15.8. The maximum absolute atomic E-state index is 12.3. The average molecular weight is 418 g/mol. The molecular formula is C15H29N3O3Sn. The summed E-state index contributed by atoms with van der Waals surface area (Å²) in [6.07, 6.45) is 6.34. The van der Waals surface area contributed by atoms with Gasteiger partial charge in [-0.05, 0) is 0 Å². The Morgan fingerprint density at radius 2 is 1.14 bits per heavy atom. The van der Waals surface area contributed by atoms with E-state index in [9.17, 15) is 14.4 Å². The average Bonchev–Trinajstić information content (AvgIpc) is 2.47. The van der Waals surface area contributed by atoms with Gasteiger partial charge in [-0.2, -0.15) is 0 Å². The van der Waals surface area contributed by atoms with Crippen LogP contribution in [-0.2, 0) is 0 Å². The molecule has 126 valence electrons. The van der Waals surface area contributed by atoms with Crippen LogP contribution < -0.4 is 17.1 Å². The molecule has 0 unspecified atom stereocenters. The van der Waals surface area contributed by atoms with Crippen LogP contribution in [0.2, 0.25) is 13.3 Å². The summed E-state index contributed by atoms with van der Waals surface area (Å²) in [6, 6.07) is 0. The zero-order chi connectivity index (χ0) is 16.6. The topological polar surface area (TPSA) is 87.7 Å². The normalized spacial score (nSPS) is 11.8. The molecule has 0 aromatic carbocycles. The van der Waals surface area contributed by atoms with Crippen molar-refractivity contribution in [1.29, 1.82) is 0 Å². The van der Waals surface area contributed by atoms with Crippen LogP contribution in [-0.4, -0.2) is 31.4 Å². The molecule has 0 amide bonds. The second kappa shape index (κ2) is 9.37. The number of H-pyrrole nitrogens is 2. The van der Waals surface area contributed by atoms with Gasteiger partial charge in [0.1, 0.15) is 0 Å². The van der Waals surface area contributed by atoms with Gasteiger partial charge in [-0.3, -0.25) is 0 Å². The molecule has 22 heavy (non-hydrogen) atoms. The molecule has 0 aliphatic rings. The molecule has 1 aromatic rings. The van der Waals surface area contributed by atoms with Crippen LogP contribution in [0.5, 0.6) is 0 Å². The van der Waals surface area contributed by atoms with Gasteiger partial charge >= 0.3 is 135 Å². The number of nitrogens with zero attached hydrogens (tertiary/aromatic N) is 1. The van der Waals surface area contributed by atoms with E-state index in [-0.39, 0.29) is 0 Å². The molecule has 1 aromatic heterocycles. The van der Waals surface area contributed by atoms with Gasteiger partial charge in [-0.25, -0.2) is 0 Å². The fraction of sp³-hybridized carbons (Fsp3) is 0.800. The first-order valence-electron chi connectivity index (χ1n) is 8.47. The van der Waals surface area contributed by atoms with Gasteiger partial charge in [-0.1, -0.05) is 0 Å². The van der Waals surface area contributed by atoms with Crippen LogP contribution >= 0.6 is 0 Å². The number of nitrogens with one attached hydrogen (secondary N) is 2. The quantitative estimate of drug-likeness (QED) is 0.573. The zero-order valence-electron chi connectivity index (χ0n) is 14.0. The summed E-state index contributed by atoms with van der Waals surface area (Å²) < 4.78 is 4.48.